The van der Waals surface area contributed by atoms with Gasteiger partial charge < -0.3 is 10.1 Å². The third-order valence-electron chi connectivity index (χ3n) is 4.09. The largest absolute Gasteiger partial charge is 0.493 e. The summed E-state index contributed by atoms with van der Waals surface area (Å²) >= 11 is 3.20. The maximum absolute atomic E-state index is 14.0. The predicted molar refractivity (Wildman–Crippen MR) is 95.3 cm³/mol. The molecular weight excluding hydrogens is 373 g/mol. The van der Waals surface area contributed by atoms with Crippen LogP contribution < -0.4 is 10.1 Å². The summed E-state index contributed by atoms with van der Waals surface area (Å²) in [6.45, 7) is 6.32. The molecule has 1 heterocycles. The molecule has 0 spiro atoms. The third kappa shape index (κ3) is 3.36. The standard InChI is InChI=1S/C19H17BrFNO2/c1-11(16-5-4-15(20)10-17(16)21)19(23)22-12(2)13-3-6-18-14(9-13)7-8-24-18/h3-6,9-10,12H,1,7-8H2,2H3,(H,22,23). The summed E-state index contributed by atoms with van der Waals surface area (Å²) in [6, 6.07) is 10.2. The lowest BCUT2D eigenvalue weighted by Crippen LogP contribution is -2.27. The molecule has 1 amide bonds. The van der Waals surface area contributed by atoms with Gasteiger partial charge in [-0.1, -0.05) is 34.6 Å². The summed E-state index contributed by atoms with van der Waals surface area (Å²) in [5.74, 6) is 0.0333. The van der Waals surface area contributed by atoms with Gasteiger partial charge in [0.05, 0.1) is 12.6 Å². The van der Waals surface area contributed by atoms with Crippen molar-refractivity contribution in [3.05, 3.63) is 70.0 Å². The highest BCUT2D eigenvalue weighted by Gasteiger charge is 2.19. The first-order chi connectivity index (χ1) is 11.5. The van der Waals surface area contributed by atoms with Crippen LogP contribution in [0.5, 0.6) is 5.75 Å². The number of benzene rings is 2. The molecule has 2 aromatic carbocycles. The van der Waals surface area contributed by atoms with Crippen molar-refractivity contribution in [2.45, 2.75) is 19.4 Å². The van der Waals surface area contributed by atoms with Gasteiger partial charge in [0, 0.05) is 22.0 Å². The van der Waals surface area contributed by atoms with Crippen LogP contribution in [0.2, 0.25) is 0 Å². The van der Waals surface area contributed by atoms with E-state index in [2.05, 4.69) is 27.8 Å². The molecule has 0 saturated heterocycles. The molecular formula is C19H17BrFNO2. The van der Waals surface area contributed by atoms with E-state index < -0.39 is 5.82 Å². The van der Waals surface area contributed by atoms with Gasteiger partial charge in [0.15, 0.2) is 0 Å². The Labute approximate surface area is 148 Å². The van der Waals surface area contributed by atoms with E-state index in [0.717, 1.165) is 23.3 Å². The number of fused-ring (bicyclic) bond motifs is 1. The fraction of sp³-hybridized carbons (Fsp3) is 0.211. The minimum absolute atomic E-state index is 0.108. The van der Waals surface area contributed by atoms with Gasteiger partial charge in [-0.3, -0.25) is 4.79 Å². The summed E-state index contributed by atoms with van der Waals surface area (Å²) in [5, 5.41) is 2.87. The number of amides is 1. The number of hydrogen-bond donors (Lipinski definition) is 1. The van der Waals surface area contributed by atoms with E-state index in [0.29, 0.717) is 11.1 Å². The minimum Gasteiger partial charge on any atom is -0.493 e. The van der Waals surface area contributed by atoms with Gasteiger partial charge in [-0.25, -0.2) is 4.39 Å². The Morgan fingerprint density at radius 1 is 1.33 bits per heavy atom. The van der Waals surface area contributed by atoms with Crippen LogP contribution in [0.15, 0.2) is 47.4 Å². The number of nitrogens with one attached hydrogen (secondary N) is 1. The zero-order chi connectivity index (χ0) is 17.3. The molecule has 2 aromatic rings. The topological polar surface area (TPSA) is 38.3 Å². The lowest BCUT2D eigenvalue weighted by atomic mass is 10.0. The highest BCUT2D eigenvalue weighted by molar-refractivity contribution is 9.10. The van der Waals surface area contributed by atoms with Crippen molar-refractivity contribution < 1.29 is 13.9 Å². The Kier molecular flexibility index (Phi) is 4.71. The van der Waals surface area contributed by atoms with E-state index in [1.54, 1.807) is 12.1 Å². The number of carbonyl (C=O) groups excluding carboxylic acids is 1. The zero-order valence-corrected chi connectivity index (χ0v) is 14.8. The van der Waals surface area contributed by atoms with E-state index in [1.165, 1.54) is 6.07 Å². The quantitative estimate of drug-likeness (QED) is 0.786. The summed E-state index contributed by atoms with van der Waals surface area (Å²) in [5.41, 5.74) is 2.43. The van der Waals surface area contributed by atoms with Crippen molar-refractivity contribution in [1.82, 2.24) is 5.32 Å². The second-order valence-corrected chi connectivity index (χ2v) is 6.68. The number of halogens is 2. The second-order valence-electron chi connectivity index (χ2n) is 5.76. The lowest BCUT2D eigenvalue weighted by molar-refractivity contribution is -0.116. The molecule has 1 unspecified atom stereocenters. The first kappa shape index (κ1) is 16.7. The average Bonchev–Trinajstić information content (AvgIpc) is 3.01. The molecule has 0 bridgehead atoms. The van der Waals surface area contributed by atoms with Gasteiger partial charge in [0.1, 0.15) is 11.6 Å². The van der Waals surface area contributed by atoms with Crippen molar-refractivity contribution in [1.29, 1.82) is 0 Å². The molecule has 124 valence electrons. The predicted octanol–water partition coefficient (Wildman–Crippen LogP) is 4.41. The SMILES string of the molecule is C=C(C(=O)NC(C)c1ccc2c(c1)CCO2)c1ccc(Br)cc1F. The van der Waals surface area contributed by atoms with Crippen molar-refractivity contribution >= 4 is 27.4 Å². The fourth-order valence-electron chi connectivity index (χ4n) is 2.70. The van der Waals surface area contributed by atoms with Gasteiger partial charge in [0.2, 0.25) is 0 Å². The van der Waals surface area contributed by atoms with Crippen molar-refractivity contribution in [2.24, 2.45) is 0 Å². The first-order valence-corrected chi connectivity index (χ1v) is 8.46. The van der Waals surface area contributed by atoms with E-state index in [1.807, 2.05) is 25.1 Å². The molecule has 0 aromatic heterocycles. The molecule has 0 saturated carbocycles. The molecule has 3 rings (SSSR count). The number of carbonyl (C=O) groups is 1. The van der Waals surface area contributed by atoms with E-state index in [-0.39, 0.29) is 23.1 Å². The maximum atomic E-state index is 14.0. The molecule has 1 N–H and O–H groups in total. The van der Waals surface area contributed by atoms with E-state index in [4.69, 9.17) is 4.74 Å². The minimum atomic E-state index is -0.480. The average molecular weight is 390 g/mol. The Bertz CT molecular complexity index is 819. The fourth-order valence-corrected chi connectivity index (χ4v) is 3.03. The maximum Gasteiger partial charge on any atom is 0.251 e. The van der Waals surface area contributed by atoms with Gasteiger partial charge in [-0.2, -0.15) is 0 Å². The van der Waals surface area contributed by atoms with E-state index >= 15 is 0 Å². The number of ether oxygens (including phenoxy) is 1. The highest BCUT2D eigenvalue weighted by atomic mass is 79.9. The third-order valence-corrected chi connectivity index (χ3v) is 4.58. The number of hydrogen-bond acceptors (Lipinski definition) is 2. The summed E-state index contributed by atoms with van der Waals surface area (Å²) in [4.78, 5) is 12.4. The highest BCUT2D eigenvalue weighted by Crippen LogP contribution is 2.28. The zero-order valence-electron chi connectivity index (χ0n) is 13.2. The van der Waals surface area contributed by atoms with Crippen LogP contribution in [0.25, 0.3) is 5.57 Å². The molecule has 0 radical (unpaired) electrons. The summed E-state index contributed by atoms with van der Waals surface area (Å²) < 4.78 is 20.1. The Morgan fingerprint density at radius 2 is 2.12 bits per heavy atom. The Hall–Kier alpha value is -2.14. The van der Waals surface area contributed by atoms with Crippen molar-refractivity contribution in [2.75, 3.05) is 6.61 Å². The van der Waals surface area contributed by atoms with Crippen molar-refractivity contribution in [3.63, 3.8) is 0 Å². The monoisotopic (exact) mass is 389 g/mol. The van der Waals surface area contributed by atoms with Crippen LogP contribution in [-0.4, -0.2) is 12.5 Å². The molecule has 24 heavy (non-hydrogen) atoms. The molecule has 0 fully saturated rings. The van der Waals surface area contributed by atoms with Crippen LogP contribution in [0, 0.1) is 5.82 Å². The van der Waals surface area contributed by atoms with Gasteiger partial charge >= 0.3 is 0 Å². The Balaban J connectivity index is 1.73. The van der Waals surface area contributed by atoms with Gasteiger partial charge in [-0.05, 0) is 42.3 Å². The molecule has 1 atom stereocenters. The Morgan fingerprint density at radius 3 is 2.88 bits per heavy atom. The van der Waals surface area contributed by atoms with Crippen LogP contribution in [0.1, 0.15) is 29.7 Å². The summed E-state index contributed by atoms with van der Waals surface area (Å²) in [7, 11) is 0. The molecule has 0 aliphatic carbocycles. The lowest BCUT2D eigenvalue weighted by Gasteiger charge is -2.16. The summed E-state index contributed by atoms with van der Waals surface area (Å²) in [6.07, 6.45) is 0.876. The first-order valence-electron chi connectivity index (χ1n) is 7.66. The normalized spacial score (nSPS) is 13.8. The van der Waals surface area contributed by atoms with E-state index in [9.17, 15) is 9.18 Å². The van der Waals surface area contributed by atoms with Gasteiger partial charge in [0.25, 0.3) is 5.91 Å². The molecule has 1 aliphatic heterocycles. The molecule has 3 nitrogen and oxygen atoms in total. The molecule has 1 aliphatic rings. The smallest absolute Gasteiger partial charge is 0.251 e. The van der Waals surface area contributed by atoms with Crippen LogP contribution in [0.4, 0.5) is 4.39 Å². The number of rotatable bonds is 4. The van der Waals surface area contributed by atoms with Crippen LogP contribution in [-0.2, 0) is 11.2 Å². The van der Waals surface area contributed by atoms with Crippen LogP contribution in [0.3, 0.4) is 0 Å². The van der Waals surface area contributed by atoms with Crippen LogP contribution >= 0.6 is 15.9 Å². The second kappa shape index (κ2) is 6.77. The van der Waals surface area contributed by atoms with Gasteiger partial charge in [-0.15, -0.1) is 0 Å². The molecule has 5 heteroatoms. The van der Waals surface area contributed by atoms with Crippen molar-refractivity contribution in [3.8, 4) is 5.75 Å².